The lowest BCUT2D eigenvalue weighted by Crippen LogP contribution is -2.17. The second-order valence-electron chi connectivity index (χ2n) is 6.60. The number of nitriles is 1. The van der Waals surface area contributed by atoms with Crippen LogP contribution in [0.25, 0.3) is 0 Å². The van der Waals surface area contributed by atoms with Gasteiger partial charge in [0.1, 0.15) is 10.6 Å². The Morgan fingerprint density at radius 2 is 1.81 bits per heavy atom. The van der Waals surface area contributed by atoms with Crippen LogP contribution < -0.4 is 19.9 Å². The summed E-state index contributed by atoms with van der Waals surface area (Å²) in [5.41, 5.74) is 1.13. The zero-order chi connectivity index (χ0) is 23.3. The summed E-state index contributed by atoms with van der Waals surface area (Å²) in [5.74, 6) is -0.0611. The number of nitrogens with zero attached hydrogens (tertiary/aromatic N) is 1. The van der Waals surface area contributed by atoms with Crippen LogP contribution in [-0.4, -0.2) is 21.4 Å². The molecule has 32 heavy (non-hydrogen) atoms. The smallest absolute Gasteiger partial charge is 0.241 e. The van der Waals surface area contributed by atoms with Crippen LogP contribution in [0, 0.1) is 11.3 Å². The molecule has 0 aliphatic rings. The summed E-state index contributed by atoms with van der Waals surface area (Å²) in [7, 11) is -2.81. The fraction of sp³-hybridized carbons (Fsp3) is 0.0909. The fourth-order valence-corrected chi connectivity index (χ4v) is 3.74. The number of rotatable bonds is 7. The molecule has 164 valence electrons. The zero-order valence-corrected chi connectivity index (χ0v) is 18.4. The van der Waals surface area contributed by atoms with Gasteiger partial charge in [-0.05, 0) is 42.0 Å². The maximum absolute atomic E-state index is 12.4. The molecule has 0 heterocycles. The van der Waals surface area contributed by atoms with Crippen LogP contribution in [0.15, 0.2) is 65.6 Å². The summed E-state index contributed by atoms with van der Waals surface area (Å²) in [6.45, 7) is 0. The number of nitrogens with one attached hydrogen (secondary N) is 1. The second-order valence-corrected chi connectivity index (χ2v) is 8.54. The average Bonchev–Trinajstić information content (AvgIpc) is 2.75. The van der Waals surface area contributed by atoms with Crippen LogP contribution in [0.2, 0.25) is 5.02 Å². The van der Waals surface area contributed by atoms with E-state index in [0.717, 1.165) is 0 Å². The van der Waals surface area contributed by atoms with Crippen molar-refractivity contribution in [2.45, 2.75) is 11.3 Å². The minimum atomic E-state index is -4.22. The van der Waals surface area contributed by atoms with Crippen molar-refractivity contribution in [1.29, 1.82) is 5.26 Å². The summed E-state index contributed by atoms with van der Waals surface area (Å²) in [6, 6.07) is 17.3. The van der Waals surface area contributed by atoms with Crippen molar-refractivity contribution in [3.63, 3.8) is 0 Å². The quantitative estimate of drug-likeness (QED) is 0.538. The molecule has 3 N–H and O–H groups in total. The highest BCUT2D eigenvalue weighted by Gasteiger charge is 2.19. The van der Waals surface area contributed by atoms with Crippen LogP contribution in [-0.2, 0) is 21.2 Å². The Labute approximate surface area is 190 Å². The molecule has 0 saturated heterocycles. The van der Waals surface area contributed by atoms with Crippen LogP contribution in [0.5, 0.6) is 17.2 Å². The number of primary sulfonamides is 1. The molecule has 10 heteroatoms. The molecule has 1 amide bonds. The number of methoxy groups -OCH3 is 1. The van der Waals surface area contributed by atoms with Gasteiger partial charge in [0.05, 0.1) is 25.2 Å². The summed E-state index contributed by atoms with van der Waals surface area (Å²) in [4.78, 5) is 12.0. The lowest BCUT2D eigenvalue weighted by atomic mass is 10.1. The molecule has 0 aliphatic carbocycles. The predicted molar refractivity (Wildman–Crippen MR) is 119 cm³/mol. The standard InChI is InChI=1S/C22H18ClN3O5S/c1-30-18-8-6-14(13-24)10-20(18)31-19-9-7-16(12-21(19)32(25,28)29)26-22(27)11-15-4-2-3-5-17(15)23/h2-10,12H,11H2,1H3,(H,26,27)(H2,25,28,29). The van der Waals surface area contributed by atoms with Crippen LogP contribution >= 0.6 is 11.6 Å². The van der Waals surface area contributed by atoms with Gasteiger partial charge in [0.2, 0.25) is 15.9 Å². The van der Waals surface area contributed by atoms with Gasteiger partial charge < -0.3 is 14.8 Å². The number of benzene rings is 3. The number of anilines is 1. The normalized spacial score (nSPS) is 10.8. The molecular weight excluding hydrogens is 454 g/mol. The number of hydrogen-bond donors (Lipinski definition) is 2. The Hall–Kier alpha value is -3.58. The zero-order valence-electron chi connectivity index (χ0n) is 16.8. The molecule has 0 bridgehead atoms. The minimum Gasteiger partial charge on any atom is -0.493 e. The van der Waals surface area contributed by atoms with E-state index in [-0.39, 0.29) is 28.5 Å². The van der Waals surface area contributed by atoms with E-state index in [1.807, 2.05) is 6.07 Å². The van der Waals surface area contributed by atoms with Gasteiger partial charge in [-0.3, -0.25) is 4.79 Å². The van der Waals surface area contributed by atoms with Gasteiger partial charge in [-0.2, -0.15) is 5.26 Å². The minimum absolute atomic E-state index is 0.000778. The molecule has 3 rings (SSSR count). The van der Waals surface area contributed by atoms with Gasteiger partial charge in [-0.1, -0.05) is 29.8 Å². The predicted octanol–water partition coefficient (Wildman–Crippen LogP) is 3.84. The molecule has 0 radical (unpaired) electrons. The highest BCUT2D eigenvalue weighted by Crippen LogP contribution is 2.36. The summed E-state index contributed by atoms with van der Waals surface area (Å²) in [6.07, 6.45) is 0.000778. The van der Waals surface area contributed by atoms with Crippen LogP contribution in [0.1, 0.15) is 11.1 Å². The molecule has 8 nitrogen and oxygen atoms in total. The van der Waals surface area contributed by atoms with Crippen molar-refractivity contribution >= 4 is 33.2 Å². The van der Waals surface area contributed by atoms with E-state index in [0.29, 0.717) is 21.9 Å². The Morgan fingerprint density at radius 3 is 2.47 bits per heavy atom. The van der Waals surface area contributed by atoms with Gasteiger partial charge in [0, 0.05) is 16.8 Å². The van der Waals surface area contributed by atoms with Crippen molar-refractivity contribution in [2.24, 2.45) is 5.14 Å². The number of nitrogens with two attached hydrogens (primary N) is 1. The van der Waals surface area contributed by atoms with E-state index >= 15 is 0 Å². The van der Waals surface area contributed by atoms with Crippen LogP contribution in [0.4, 0.5) is 5.69 Å². The van der Waals surface area contributed by atoms with Crippen molar-refractivity contribution in [3.05, 3.63) is 76.8 Å². The van der Waals surface area contributed by atoms with Crippen molar-refractivity contribution in [2.75, 3.05) is 12.4 Å². The maximum Gasteiger partial charge on any atom is 0.241 e. The number of amides is 1. The molecule has 0 spiro atoms. The largest absolute Gasteiger partial charge is 0.493 e. The van der Waals surface area contributed by atoms with Gasteiger partial charge >= 0.3 is 0 Å². The van der Waals surface area contributed by atoms with E-state index in [1.54, 1.807) is 24.3 Å². The summed E-state index contributed by atoms with van der Waals surface area (Å²) in [5, 5.41) is 17.5. The van der Waals surface area contributed by atoms with Crippen molar-refractivity contribution in [1.82, 2.24) is 0 Å². The number of halogens is 1. The monoisotopic (exact) mass is 471 g/mol. The number of sulfonamides is 1. The Bertz CT molecular complexity index is 1320. The van der Waals surface area contributed by atoms with Gasteiger partial charge in [-0.25, -0.2) is 13.6 Å². The highest BCUT2D eigenvalue weighted by atomic mass is 35.5. The highest BCUT2D eigenvalue weighted by molar-refractivity contribution is 7.89. The topological polar surface area (TPSA) is 132 Å². The van der Waals surface area contributed by atoms with Gasteiger partial charge in [0.25, 0.3) is 0 Å². The molecule has 0 fully saturated rings. The van der Waals surface area contributed by atoms with Crippen molar-refractivity contribution in [3.8, 4) is 23.3 Å². The molecule has 3 aromatic rings. The number of ether oxygens (including phenoxy) is 2. The van der Waals surface area contributed by atoms with Gasteiger partial charge in [-0.15, -0.1) is 0 Å². The molecule has 0 saturated carbocycles. The average molecular weight is 472 g/mol. The van der Waals surface area contributed by atoms with E-state index < -0.39 is 15.9 Å². The molecule has 0 atom stereocenters. The third-order valence-corrected chi connectivity index (χ3v) is 5.66. The molecule has 0 aliphatic heterocycles. The molecule has 0 aromatic heterocycles. The van der Waals surface area contributed by atoms with E-state index in [9.17, 15) is 13.2 Å². The number of hydrogen-bond acceptors (Lipinski definition) is 6. The Morgan fingerprint density at radius 1 is 1.09 bits per heavy atom. The first-order valence-electron chi connectivity index (χ1n) is 9.17. The Kier molecular flexibility index (Phi) is 7.00. The fourth-order valence-electron chi connectivity index (χ4n) is 2.86. The second kappa shape index (κ2) is 9.70. The van der Waals surface area contributed by atoms with Crippen molar-refractivity contribution < 1.29 is 22.7 Å². The molecule has 3 aromatic carbocycles. The molecule has 0 unspecified atom stereocenters. The first kappa shape index (κ1) is 23.1. The SMILES string of the molecule is COc1ccc(C#N)cc1Oc1ccc(NC(=O)Cc2ccccc2Cl)cc1S(N)(=O)=O. The third kappa shape index (κ3) is 5.56. The van der Waals surface area contributed by atoms with E-state index in [1.165, 1.54) is 43.5 Å². The lowest BCUT2D eigenvalue weighted by molar-refractivity contribution is -0.115. The van der Waals surface area contributed by atoms with Gasteiger partial charge in [0.15, 0.2) is 11.5 Å². The molecular formula is C22H18ClN3O5S. The first-order chi connectivity index (χ1) is 15.2. The summed E-state index contributed by atoms with van der Waals surface area (Å²) < 4.78 is 35.3. The third-order valence-electron chi connectivity index (χ3n) is 4.36. The number of carbonyl (C=O) groups excluding carboxylic acids is 1. The maximum atomic E-state index is 12.4. The number of carbonyl (C=O) groups is 1. The van der Waals surface area contributed by atoms with Crippen LogP contribution in [0.3, 0.4) is 0 Å². The van der Waals surface area contributed by atoms with E-state index in [2.05, 4.69) is 5.32 Å². The summed E-state index contributed by atoms with van der Waals surface area (Å²) >= 11 is 6.08. The van der Waals surface area contributed by atoms with E-state index in [4.69, 9.17) is 31.5 Å². The Balaban J connectivity index is 1.90. The first-order valence-corrected chi connectivity index (χ1v) is 11.1. The lowest BCUT2D eigenvalue weighted by Gasteiger charge is -2.14.